The van der Waals surface area contributed by atoms with E-state index in [1.54, 1.807) is 34.9 Å². The molecule has 6 nitrogen and oxygen atoms in total. The van der Waals surface area contributed by atoms with Gasteiger partial charge in [-0.3, -0.25) is 4.79 Å². The maximum atomic E-state index is 13.9. The lowest BCUT2D eigenvalue weighted by Gasteiger charge is -2.23. The van der Waals surface area contributed by atoms with Crippen molar-refractivity contribution in [2.45, 2.75) is 26.3 Å². The fourth-order valence-corrected chi connectivity index (χ4v) is 4.17. The molecule has 0 bridgehead atoms. The van der Waals surface area contributed by atoms with Crippen molar-refractivity contribution in [2.24, 2.45) is 5.92 Å². The third-order valence-corrected chi connectivity index (χ3v) is 6.28. The minimum atomic E-state index is -0.428. The highest BCUT2D eigenvalue weighted by Crippen LogP contribution is 2.35. The topological polar surface area (TPSA) is 56.6 Å². The molecule has 1 heterocycles. The Hall–Kier alpha value is -4.13. The van der Waals surface area contributed by atoms with Crippen molar-refractivity contribution < 1.29 is 18.7 Å². The van der Waals surface area contributed by atoms with E-state index in [2.05, 4.69) is 0 Å². The number of aromatic nitrogens is 2. The maximum absolute atomic E-state index is 13.9. The number of amides is 1. The van der Waals surface area contributed by atoms with Crippen molar-refractivity contribution in [3.05, 3.63) is 102 Å². The highest BCUT2D eigenvalue weighted by atomic mass is 19.1. The van der Waals surface area contributed by atoms with Crippen LogP contribution >= 0.6 is 0 Å². The fraction of sp³-hybridized carbons (Fsp3) is 0.241. The van der Waals surface area contributed by atoms with E-state index in [0.717, 1.165) is 29.8 Å². The molecule has 1 saturated carbocycles. The summed E-state index contributed by atoms with van der Waals surface area (Å²) in [7, 11) is 1.61. The third kappa shape index (κ3) is 5.25. The Labute approximate surface area is 209 Å². The molecule has 0 unspecified atom stereocenters. The summed E-state index contributed by atoms with van der Waals surface area (Å²) >= 11 is 0. The molecule has 0 aliphatic heterocycles. The van der Waals surface area contributed by atoms with E-state index in [0.29, 0.717) is 41.9 Å². The van der Waals surface area contributed by atoms with Gasteiger partial charge < -0.3 is 14.4 Å². The maximum Gasteiger partial charge on any atom is 0.254 e. The zero-order valence-corrected chi connectivity index (χ0v) is 20.4. The quantitative estimate of drug-likeness (QED) is 0.284. The number of ether oxygens (including phenoxy) is 2. The first kappa shape index (κ1) is 23.6. The number of para-hydroxylation sites is 1. The summed E-state index contributed by atoms with van der Waals surface area (Å²) in [5.41, 5.74) is 2.73. The number of benzene rings is 3. The minimum Gasteiger partial charge on any atom is -0.497 e. The van der Waals surface area contributed by atoms with Crippen molar-refractivity contribution in [2.75, 3.05) is 13.7 Å². The summed E-state index contributed by atoms with van der Waals surface area (Å²) in [6.07, 6.45) is 2.17. The van der Waals surface area contributed by atoms with Crippen molar-refractivity contribution in [3.8, 4) is 23.1 Å². The van der Waals surface area contributed by atoms with Crippen LogP contribution in [0.5, 0.6) is 17.4 Å². The third-order valence-electron chi connectivity index (χ3n) is 6.28. The van der Waals surface area contributed by atoms with Gasteiger partial charge in [-0.2, -0.15) is 5.10 Å². The van der Waals surface area contributed by atoms with E-state index in [4.69, 9.17) is 14.6 Å². The van der Waals surface area contributed by atoms with Crippen molar-refractivity contribution >= 4 is 5.91 Å². The molecule has 1 amide bonds. The molecular weight excluding hydrogens is 457 g/mol. The summed E-state index contributed by atoms with van der Waals surface area (Å²) in [6.45, 7) is 2.81. The standard InChI is InChI=1S/C29H28FN3O3/c1-20-27(19-32(18-21-14-15-21)28(34)22-8-6-9-23(30)16-22)29(33(31-20)24-10-4-3-5-11-24)36-26-13-7-12-25(17-26)35-2/h3-13,16-17,21H,14-15,18-19H2,1-2H3. The van der Waals surface area contributed by atoms with Gasteiger partial charge in [-0.1, -0.05) is 30.3 Å². The molecule has 3 aromatic carbocycles. The van der Waals surface area contributed by atoms with E-state index >= 15 is 0 Å². The molecule has 5 rings (SSSR count). The second-order valence-electron chi connectivity index (χ2n) is 9.04. The van der Waals surface area contributed by atoms with Crippen LogP contribution in [-0.2, 0) is 6.54 Å². The van der Waals surface area contributed by atoms with Gasteiger partial charge in [-0.25, -0.2) is 9.07 Å². The van der Waals surface area contributed by atoms with E-state index in [-0.39, 0.29) is 5.91 Å². The van der Waals surface area contributed by atoms with Crippen LogP contribution in [0.1, 0.15) is 34.5 Å². The van der Waals surface area contributed by atoms with Crippen LogP contribution in [0.2, 0.25) is 0 Å². The Morgan fingerprint density at radius 3 is 2.50 bits per heavy atom. The largest absolute Gasteiger partial charge is 0.497 e. The first-order valence-corrected chi connectivity index (χ1v) is 12.0. The minimum absolute atomic E-state index is 0.208. The first-order chi connectivity index (χ1) is 17.5. The smallest absolute Gasteiger partial charge is 0.254 e. The van der Waals surface area contributed by atoms with Gasteiger partial charge in [0, 0.05) is 18.2 Å². The van der Waals surface area contributed by atoms with Crippen molar-refractivity contribution in [1.29, 1.82) is 0 Å². The average Bonchev–Trinajstić information content (AvgIpc) is 3.67. The highest BCUT2D eigenvalue weighted by molar-refractivity contribution is 5.94. The fourth-order valence-electron chi connectivity index (χ4n) is 4.17. The van der Waals surface area contributed by atoms with Gasteiger partial charge in [-0.05, 0) is 68.1 Å². The van der Waals surface area contributed by atoms with Crippen LogP contribution in [0.15, 0.2) is 78.9 Å². The van der Waals surface area contributed by atoms with Gasteiger partial charge in [-0.15, -0.1) is 0 Å². The zero-order chi connectivity index (χ0) is 25.1. The number of nitrogens with zero attached hydrogens (tertiary/aromatic N) is 3. The molecule has 0 saturated heterocycles. The molecule has 0 N–H and O–H groups in total. The van der Waals surface area contributed by atoms with E-state index in [9.17, 15) is 9.18 Å². The molecule has 1 fully saturated rings. The number of hydrogen-bond acceptors (Lipinski definition) is 4. The van der Waals surface area contributed by atoms with Crippen LogP contribution in [0, 0.1) is 18.7 Å². The van der Waals surface area contributed by atoms with Crippen LogP contribution in [-0.4, -0.2) is 34.2 Å². The number of hydrogen-bond donors (Lipinski definition) is 0. The van der Waals surface area contributed by atoms with Gasteiger partial charge in [0.05, 0.1) is 30.6 Å². The van der Waals surface area contributed by atoms with Crippen LogP contribution < -0.4 is 9.47 Å². The number of halogens is 1. The van der Waals surface area contributed by atoms with E-state index in [1.807, 2.05) is 55.5 Å². The van der Waals surface area contributed by atoms with Gasteiger partial charge in [0.2, 0.25) is 5.88 Å². The monoisotopic (exact) mass is 485 g/mol. The van der Waals surface area contributed by atoms with Gasteiger partial charge in [0.25, 0.3) is 5.91 Å². The van der Waals surface area contributed by atoms with Crippen LogP contribution in [0.25, 0.3) is 5.69 Å². The normalized spacial score (nSPS) is 12.9. The summed E-state index contributed by atoms with van der Waals surface area (Å²) in [5.74, 6) is 1.61. The number of methoxy groups -OCH3 is 1. The molecule has 0 radical (unpaired) electrons. The predicted molar refractivity (Wildman–Crippen MR) is 135 cm³/mol. The van der Waals surface area contributed by atoms with Crippen LogP contribution in [0.4, 0.5) is 4.39 Å². The SMILES string of the molecule is COc1cccc(Oc2c(CN(CC3CC3)C(=O)c3cccc(F)c3)c(C)nn2-c2ccccc2)c1. The number of carbonyl (C=O) groups excluding carboxylic acids is 1. The lowest BCUT2D eigenvalue weighted by molar-refractivity contribution is 0.0733. The molecule has 4 aromatic rings. The average molecular weight is 486 g/mol. The first-order valence-electron chi connectivity index (χ1n) is 12.0. The lowest BCUT2D eigenvalue weighted by atomic mass is 10.1. The molecule has 0 atom stereocenters. The number of aryl methyl sites for hydroxylation is 1. The summed E-state index contributed by atoms with van der Waals surface area (Å²) in [5, 5.41) is 4.78. The van der Waals surface area contributed by atoms with Gasteiger partial charge in [0.1, 0.15) is 17.3 Å². The lowest BCUT2D eigenvalue weighted by Crippen LogP contribution is -2.32. The Bertz CT molecular complexity index is 1370. The molecule has 36 heavy (non-hydrogen) atoms. The highest BCUT2D eigenvalue weighted by Gasteiger charge is 2.30. The molecule has 0 spiro atoms. The van der Waals surface area contributed by atoms with Gasteiger partial charge in [0.15, 0.2) is 0 Å². The van der Waals surface area contributed by atoms with E-state index < -0.39 is 5.82 Å². The van der Waals surface area contributed by atoms with Crippen LogP contribution in [0.3, 0.4) is 0 Å². The second kappa shape index (κ2) is 10.2. The Morgan fingerprint density at radius 2 is 1.78 bits per heavy atom. The van der Waals surface area contributed by atoms with Crippen molar-refractivity contribution in [1.82, 2.24) is 14.7 Å². The molecule has 1 aliphatic rings. The molecule has 7 heteroatoms. The Kier molecular flexibility index (Phi) is 6.71. The molecule has 1 aliphatic carbocycles. The van der Waals surface area contributed by atoms with Gasteiger partial charge >= 0.3 is 0 Å². The Morgan fingerprint density at radius 1 is 1.03 bits per heavy atom. The number of rotatable bonds is 9. The Balaban J connectivity index is 1.55. The van der Waals surface area contributed by atoms with Crippen molar-refractivity contribution in [3.63, 3.8) is 0 Å². The summed E-state index contributed by atoms with van der Waals surface area (Å²) in [6, 6.07) is 22.9. The summed E-state index contributed by atoms with van der Waals surface area (Å²) < 4.78 is 27.4. The number of carbonyl (C=O) groups is 1. The summed E-state index contributed by atoms with van der Waals surface area (Å²) in [4.78, 5) is 15.3. The molecule has 184 valence electrons. The predicted octanol–water partition coefficient (Wildman–Crippen LogP) is 6.17. The molecule has 1 aromatic heterocycles. The molecular formula is C29H28FN3O3. The zero-order valence-electron chi connectivity index (χ0n) is 20.4. The van der Waals surface area contributed by atoms with E-state index in [1.165, 1.54) is 12.1 Å². The second-order valence-corrected chi connectivity index (χ2v) is 9.04.